The molecule has 12 heavy (non-hydrogen) atoms. The van der Waals surface area contributed by atoms with E-state index in [1.807, 2.05) is 13.8 Å². The van der Waals surface area contributed by atoms with Crippen LogP contribution in [0, 0.1) is 0 Å². The Balaban J connectivity index is 2.68. The fraction of sp³-hybridized carbons (Fsp3) is 1.00. The summed E-state index contributed by atoms with van der Waals surface area (Å²) in [6, 6.07) is 0. The molecule has 1 unspecified atom stereocenters. The molecule has 1 fully saturated rings. The second-order valence-corrected chi connectivity index (χ2v) is 5.28. The quantitative estimate of drug-likeness (QED) is 0.648. The zero-order valence-electron chi connectivity index (χ0n) is 7.36. The number of hydrogen-bond donors (Lipinski definition) is 1. The number of rotatable bonds is 1. The van der Waals surface area contributed by atoms with Crippen molar-refractivity contribution in [3.8, 4) is 0 Å². The Morgan fingerprint density at radius 1 is 1.25 bits per heavy atom. The van der Waals surface area contributed by atoms with Gasteiger partial charge in [-0.3, -0.25) is 0 Å². The number of nitrogens with two attached hydrogens (primary N) is 1. The third kappa shape index (κ3) is 2.43. The molecule has 0 aromatic carbocycles. The maximum Gasteiger partial charge on any atom is 0.212 e. The van der Waals surface area contributed by atoms with E-state index in [2.05, 4.69) is 0 Å². The van der Waals surface area contributed by atoms with Crippen LogP contribution in [0.15, 0.2) is 0 Å². The highest BCUT2D eigenvalue weighted by molar-refractivity contribution is 7.89. The van der Waals surface area contributed by atoms with Crippen molar-refractivity contribution in [2.75, 3.05) is 0 Å². The molecule has 0 aromatic rings. The molecule has 0 aliphatic carbocycles. The lowest BCUT2D eigenvalue weighted by Gasteiger charge is -2.30. The summed E-state index contributed by atoms with van der Waals surface area (Å²) < 4.78 is 27.4. The van der Waals surface area contributed by atoms with Crippen molar-refractivity contribution in [2.24, 2.45) is 5.14 Å². The Labute approximate surface area is 73.1 Å². The zero-order valence-corrected chi connectivity index (χ0v) is 8.17. The summed E-state index contributed by atoms with van der Waals surface area (Å²) in [5, 5.41) is 4.63. The fourth-order valence-corrected chi connectivity index (χ4v) is 2.69. The minimum absolute atomic E-state index is 0.00271. The fourth-order valence-electron chi connectivity index (χ4n) is 1.61. The molecule has 1 rings (SSSR count). The molecular formula is C7H15NO3S. The van der Waals surface area contributed by atoms with E-state index < -0.39 is 15.3 Å². The second kappa shape index (κ2) is 3.32. The normalized spacial score (nSPS) is 38.1. The van der Waals surface area contributed by atoms with Crippen molar-refractivity contribution in [2.45, 2.75) is 44.1 Å². The number of primary sulfonamides is 1. The molecule has 1 aliphatic rings. The van der Waals surface area contributed by atoms with Gasteiger partial charge < -0.3 is 4.74 Å². The van der Waals surface area contributed by atoms with Crippen molar-refractivity contribution >= 4 is 10.0 Å². The summed E-state index contributed by atoms with van der Waals surface area (Å²) in [7, 11) is -3.37. The molecule has 72 valence electrons. The Hall–Kier alpha value is -0.130. The van der Waals surface area contributed by atoms with Crippen LogP contribution < -0.4 is 5.14 Å². The minimum atomic E-state index is -3.37. The van der Waals surface area contributed by atoms with Gasteiger partial charge in [-0.25, -0.2) is 13.6 Å². The highest BCUT2D eigenvalue weighted by atomic mass is 32.2. The first-order valence-electron chi connectivity index (χ1n) is 4.06. The number of sulfonamides is 1. The van der Waals surface area contributed by atoms with Crippen LogP contribution in [0.1, 0.15) is 26.7 Å². The van der Waals surface area contributed by atoms with Gasteiger partial charge in [0.2, 0.25) is 10.0 Å². The van der Waals surface area contributed by atoms with Gasteiger partial charge in [0.15, 0.2) is 0 Å². The Morgan fingerprint density at radius 2 is 1.67 bits per heavy atom. The summed E-state index contributed by atoms with van der Waals surface area (Å²) in [6.07, 6.45) is 1.03. The lowest BCUT2D eigenvalue weighted by Crippen LogP contribution is -2.40. The lowest BCUT2D eigenvalue weighted by molar-refractivity contribution is -0.0276. The molecule has 5 heteroatoms. The van der Waals surface area contributed by atoms with Crippen LogP contribution in [0.4, 0.5) is 0 Å². The van der Waals surface area contributed by atoms with Crippen LogP contribution in [-0.4, -0.2) is 25.9 Å². The first-order valence-corrected chi connectivity index (χ1v) is 5.67. The number of ether oxygens (including phenoxy) is 1. The SMILES string of the molecule is C[C@@H]1CC(S(N)(=O)=O)C[C@H](C)O1. The standard InChI is InChI=1S/C7H15NO3S/c1-5-3-7(12(8,9)10)4-6(2)11-5/h5-7H,3-4H2,1-2H3,(H2,8,9,10)/t5-,6+,7?. The van der Waals surface area contributed by atoms with Gasteiger partial charge >= 0.3 is 0 Å². The zero-order chi connectivity index (χ0) is 9.35. The summed E-state index contributed by atoms with van der Waals surface area (Å²) in [4.78, 5) is 0. The molecule has 1 heterocycles. The lowest BCUT2D eigenvalue weighted by atomic mass is 10.1. The molecule has 1 aliphatic heterocycles. The molecule has 0 radical (unpaired) electrons. The summed E-state index contributed by atoms with van der Waals surface area (Å²) >= 11 is 0. The van der Waals surface area contributed by atoms with Crippen molar-refractivity contribution < 1.29 is 13.2 Å². The Morgan fingerprint density at radius 3 is 2.00 bits per heavy atom. The predicted octanol–water partition coefficient (Wildman–Crippen LogP) is 0.231. The van der Waals surface area contributed by atoms with Crippen LogP contribution >= 0.6 is 0 Å². The average Bonchev–Trinajstić information content (AvgIpc) is 1.82. The molecule has 0 bridgehead atoms. The minimum Gasteiger partial charge on any atom is -0.375 e. The molecule has 0 aromatic heterocycles. The monoisotopic (exact) mass is 193 g/mol. The molecule has 0 saturated carbocycles. The van der Waals surface area contributed by atoms with Crippen LogP contribution in [-0.2, 0) is 14.8 Å². The van der Waals surface area contributed by atoms with Crippen LogP contribution in [0.25, 0.3) is 0 Å². The van der Waals surface area contributed by atoms with Gasteiger partial charge in [0.25, 0.3) is 0 Å². The molecular weight excluding hydrogens is 178 g/mol. The van der Waals surface area contributed by atoms with E-state index in [1.165, 1.54) is 0 Å². The Kier molecular flexibility index (Phi) is 2.75. The molecule has 2 N–H and O–H groups in total. The van der Waals surface area contributed by atoms with E-state index in [4.69, 9.17) is 9.88 Å². The van der Waals surface area contributed by atoms with E-state index in [9.17, 15) is 8.42 Å². The van der Waals surface area contributed by atoms with Gasteiger partial charge in [0.05, 0.1) is 17.5 Å². The van der Waals surface area contributed by atoms with Crippen molar-refractivity contribution in [3.05, 3.63) is 0 Å². The predicted molar refractivity (Wildman–Crippen MR) is 46.1 cm³/mol. The van der Waals surface area contributed by atoms with Gasteiger partial charge in [-0.1, -0.05) is 0 Å². The average molecular weight is 193 g/mol. The Bertz CT molecular complexity index is 239. The first kappa shape index (κ1) is 9.95. The third-order valence-electron chi connectivity index (χ3n) is 2.12. The van der Waals surface area contributed by atoms with E-state index in [0.717, 1.165) is 0 Å². The van der Waals surface area contributed by atoms with Crippen molar-refractivity contribution in [1.29, 1.82) is 0 Å². The maximum atomic E-state index is 11.0. The van der Waals surface area contributed by atoms with Crippen molar-refractivity contribution in [3.63, 3.8) is 0 Å². The largest absolute Gasteiger partial charge is 0.375 e. The number of hydrogen-bond acceptors (Lipinski definition) is 3. The van der Waals surface area contributed by atoms with Gasteiger partial charge in [0.1, 0.15) is 0 Å². The third-order valence-corrected chi connectivity index (χ3v) is 3.43. The second-order valence-electron chi connectivity index (χ2n) is 3.44. The summed E-state index contributed by atoms with van der Waals surface area (Å²) in [5.74, 6) is 0. The van der Waals surface area contributed by atoms with Gasteiger partial charge in [-0.05, 0) is 26.7 Å². The van der Waals surface area contributed by atoms with Gasteiger partial charge in [0, 0.05) is 0 Å². The van der Waals surface area contributed by atoms with E-state index >= 15 is 0 Å². The molecule has 0 spiro atoms. The van der Waals surface area contributed by atoms with E-state index in [0.29, 0.717) is 12.8 Å². The molecule has 1 saturated heterocycles. The highest BCUT2D eigenvalue weighted by Gasteiger charge is 2.31. The maximum absolute atomic E-state index is 11.0. The van der Waals surface area contributed by atoms with Crippen LogP contribution in [0.5, 0.6) is 0 Å². The van der Waals surface area contributed by atoms with Gasteiger partial charge in [-0.15, -0.1) is 0 Å². The van der Waals surface area contributed by atoms with E-state index in [-0.39, 0.29) is 12.2 Å². The van der Waals surface area contributed by atoms with Crippen molar-refractivity contribution in [1.82, 2.24) is 0 Å². The summed E-state index contributed by atoms with van der Waals surface area (Å²) in [5.41, 5.74) is 0. The molecule has 3 atom stereocenters. The summed E-state index contributed by atoms with van der Waals surface area (Å²) in [6.45, 7) is 3.74. The molecule has 0 amide bonds. The molecule has 4 nitrogen and oxygen atoms in total. The van der Waals surface area contributed by atoms with Gasteiger partial charge in [-0.2, -0.15) is 0 Å². The van der Waals surface area contributed by atoms with Crippen LogP contribution in [0.3, 0.4) is 0 Å². The highest BCUT2D eigenvalue weighted by Crippen LogP contribution is 2.22. The first-order chi connectivity index (χ1) is 5.39. The smallest absolute Gasteiger partial charge is 0.212 e. The van der Waals surface area contributed by atoms with E-state index in [1.54, 1.807) is 0 Å². The van der Waals surface area contributed by atoms with Crippen LogP contribution in [0.2, 0.25) is 0 Å². The topological polar surface area (TPSA) is 69.4 Å².